The summed E-state index contributed by atoms with van der Waals surface area (Å²) in [5.41, 5.74) is 1.31. The summed E-state index contributed by atoms with van der Waals surface area (Å²) >= 11 is 0. The summed E-state index contributed by atoms with van der Waals surface area (Å²) in [7, 11) is -2.31. The summed E-state index contributed by atoms with van der Waals surface area (Å²) in [6, 6.07) is 23.7. The molecule has 0 aromatic heterocycles. The van der Waals surface area contributed by atoms with Gasteiger partial charge in [0.05, 0.1) is 23.7 Å². The van der Waals surface area contributed by atoms with E-state index in [2.05, 4.69) is 5.32 Å². The molecular formula is C23H24N2O4S. The van der Waals surface area contributed by atoms with E-state index < -0.39 is 15.9 Å². The van der Waals surface area contributed by atoms with Crippen LogP contribution in [0.5, 0.6) is 5.75 Å². The van der Waals surface area contributed by atoms with E-state index in [0.29, 0.717) is 5.69 Å². The van der Waals surface area contributed by atoms with Gasteiger partial charge in [-0.1, -0.05) is 48.5 Å². The van der Waals surface area contributed by atoms with Crippen molar-refractivity contribution in [3.05, 3.63) is 90.5 Å². The van der Waals surface area contributed by atoms with Gasteiger partial charge in [-0.2, -0.15) is 0 Å². The number of para-hydroxylation sites is 1. The molecule has 0 aliphatic carbocycles. The fourth-order valence-electron chi connectivity index (χ4n) is 3.02. The van der Waals surface area contributed by atoms with Crippen LogP contribution < -0.4 is 14.4 Å². The lowest BCUT2D eigenvalue weighted by atomic mass is 10.1. The van der Waals surface area contributed by atoms with Crippen molar-refractivity contribution in [1.29, 1.82) is 0 Å². The molecule has 0 spiro atoms. The zero-order valence-electron chi connectivity index (χ0n) is 16.9. The highest BCUT2D eigenvalue weighted by Gasteiger charge is 2.27. The van der Waals surface area contributed by atoms with Gasteiger partial charge in [0.25, 0.3) is 10.0 Å². The second kappa shape index (κ2) is 9.45. The second-order valence-electron chi connectivity index (χ2n) is 6.72. The number of sulfonamides is 1. The zero-order chi connectivity index (χ0) is 21.6. The number of ether oxygens (including phenoxy) is 1. The van der Waals surface area contributed by atoms with Crippen LogP contribution in [-0.4, -0.2) is 28.0 Å². The van der Waals surface area contributed by atoms with Crippen molar-refractivity contribution in [2.24, 2.45) is 0 Å². The topological polar surface area (TPSA) is 75.7 Å². The molecule has 0 saturated heterocycles. The summed E-state index contributed by atoms with van der Waals surface area (Å²) in [6.07, 6.45) is 0. The molecule has 30 heavy (non-hydrogen) atoms. The van der Waals surface area contributed by atoms with Gasteiger partial charge in [0, 0.05) is 0 Å². The van der Waals surface area contributed by atoms with E-state index in [4.69, 9.17) is 4.74 Å². The standard InChI is InChI=1S/C23H24N2O4S/c1-18(19-13-15-21(29-2)16-14-19)24-23(26)17-25(20-9-5-3-6-10-20)30(27,28)22-11-7-4-8-12-22/h3-16,18H,17H2,1-2H3,(H,24,26). The largest absolute Gasteiger partial charge is 0.497 e. The molecule has 1 unspecified atom stereocenters. The van der Waals surface area contributed by atoms with Crippen LogP contribution in [0.2, 0.25) is 0 Å². The fourth-order valence-corrected chi connectivity index (χ4v) is 4.46. The van der Waals surface area contributed by atoms with Crippen LogP contribution in [0.3, 0.4) is 0 Å². The highest BCUT2D eigenvalue weighted by Crippen LogP contribution is 2.23. The average Bonchev–Trinajstić information content (AvgIpc) is 2.78. The summed E-state index contributed by atoms with van der Waals surface area (Å²) in [5, 5.41) is 2.87. The molecule has 156 valence electrons. The van der Waals surface area contributed by atoms with Gasteiger partial charge in [0.1, 0.15) is 12.3 Å². The molecule has 3 aromatic rings. The number of nitrogens with one attached hydrogen (secondary N) is 1. The van der Waals surface area contributed by atoms with Crippen LogP contribution >= 0.6 is 0 Å². The average molecular weight is 425 g/mol. The van der Waals surface area contributed by atoms with E-state index in [1.54, 1.807) is 55.6 Å². The number of carbonyl (C=O) groups excluding carboxylic acids is 1. The Morgan fingerprint density at radius 1 is 0.933 bits per heavy atom. The number of methoxy groups -OCH3 is 1. The Kier molecular flexibility index (Phi) is 6.74. The van der Waals surface area contributed by atoms with Crippen molar-refractivity contribution >= 4 is 21.6 Å². The highest BCUT2D eigenvalue weighted by atomic mass is 32.2. The Bertz CT molecular complexity index is 1070. The minimum Gasteiger partial charge on any atom is -0.497 e. The number of rotatable bonds is 8. The van der Waals surface area contributed by atoms with Gasteiger partial charge in [-0.05, 0) is 48.9 Å². The number of hydrogen-bond donors (Lipinski definition) is 1. The molecule has 1 amide bonds. The van der Waals surface area contributed by atoms with Crippen molar-refractivity contribution in [1.82, 2.24) is 5.32 Å². The van der Waals surface area contributed by atoms with Crippen molar-refractivity contribution in [3.63, 3.8) is 0 Å². The molecule has 0 bridgehead atoms. The van der Waals surface area contributed by atoms with Crippen molar-refractivity contribution < 1.29 is 17.9 Å². The number of amides is 1. The number of hydrogen-bond acceptors (Lipinski definition) is 4. The molecular weight excluding hydrogens is 400 g/mol. The first-order valence-electron chi connectivity index (χ1n) is 9.48. The van der Waals surface area contributed by atoms with E-state index in [1.807, 2.05) is 31.2 Å². The SMILES string of the molecule is COc1ccc(C(C)NC(=O)CN(c2ccccc2)S(=O)(=O)c2ccccc2)cc1. The summed E-state index contributed by atoms with van der Waals surface area (Å²) < 4.78 is 32.7. The van der Waals surface area contributed by atoms with Gasteiger partial charge in [-0.3, -0.25) is 9.10 Å². The first-order chi connectivity index (χ1) is 14.4. The van der Waals surface area contributed by atoms with E-state index >= 15 is 0 Å². The Morgan fingerprint density at radius 2 is 1.50 bits per heavy atom. The van der Waals surface area contributed by atoms with E-state index in [-0.39, 0.29) is 17.5 Å². The van der Waals surface area contributed by atoms with Gasteiger partial charge in [-0.15, -0.1) is 0 Å². The predicted octanol–water partition coefficient (Wildman–Crippen LogP) is 3.77. The van der Waals surface area contributed by atoms with Crippen LogP contribution in [0.4, 0.5) is 5.69 Å². The quantitative estimate of drug-likeness (QED) is 0.597. The summed E-state index contributed by atoms with van der Waals surface area (Å²) in [4.78, 5) is 12.9. The lowest BCUT2D eigenvalue weighted by Crippen LogP contribution is -2.41. The number of carbonyl (C=O) groups is 1. The Labute approximate surface area is 177 Å². The molecule has 7 heteroatoms. The zero-order valence-corrected chi connectivity index (χ0v) is 17.7. The normalized spacial score (nSPS) is 12.1. The van der Waals surface area contributed by atoms with Gasteiger partial charge in [-0.25, -0.2) is 8.42 Å². The third-order valence-electron chi connectivity index (χ3n) is 4.66. The Hall–Kier alpha value is -3.32. The lowest BCUT2D eigenvalue weighted by Gasteiger charge is -2.25. The predicted molar refractivity (Wildman–Crippen MR) is 117 cm³/mol. The van der Waals surface area contributed by atoms with Crippen LogP contribution in [-0.2, 0) is 14.8 Å². The van der Waals surface area contributed by atoms with E-state index in [9.17, 15) is 13.2 Å². The first kappa shape index (κ1) is 21.4. The van der Waals surface area contributed by atoms with Gasteiger partial charge < -0.3 is 10.1 Å². The molecule has 1 N–H and O–H groups in total. The molecule has 0 aliphatic rings. The molecule has 6 nitrogen and oxygen atoms in total. The first-order valence-corrected chi connectivity index (χ1v) is 10.9. The fraction of sp³-hybridized carbons (Fsp3) is 0.174. The van der Waals surface area contributed by atoms with E-state index in [1.165, 1.54) is 12.1 Å². The third kappa shape index (κ3) is 4.99. The molecule has 0 aliphatic heterocycles. The highest BCUT2D eigenvalue weighted by molar-refractivity contribution is 7.92. The van der Waals surface area contributed by atoms with Gasteiger partial charge >= 0.3 is 0 Å². The maximum absolute atomic E-state index is 13.2. The lowest BCUT2D eigenvalue weighted by molar-refractivity contribution is -0.120. The molecule has 0 radical (unpaired) electrons. The van der Waals surface area contributed by atoms with Crippen LogP contribution in [0.1, 0.15) is 18.5 Å². The molecule has 0 saturated carbocycles. The third-order valence-corrected chi connectivity index (χ3v) is 6.44. The van der Waals surface area contributed by atoms with Gasteiger partial charge in [0.2, 0.25) is 5.91 Å². The summed E-state index contributed by atoms with van der Waals surface area (Å²) in [5.74, 6) is 0.322. The Balaban J connectivity index is 1.82. The van der Waals surface area contributed by atoms with Crippen molar-refractivity contribution in [2.75, 3.05) is 18.0 Å². The molecule has 3 aromatic carbocycles. The van der Waals surface area contributed by atoms with Crippen molar-refractivity contribution in [2.45, 2.75) is 17.9 Å². The van der Waals surface area contributed by atoms with E-state index in [0.717, 1.165) is 15.6 Å². The van der Waals surface area contributed by atoms with Gasteiger partial charge in [0.15, 0.2) is 0 Å². The number of nitrogens with zero attached hydrogens (tertiary/aromatic N) is 1. The maximum Gasteiger partial charge on any atom is 0.264 e. The van der Waals surface area contributed by atoms with Crippen LogP contribution in [0.25, 0.3) is 0 Å². The van der Waals surface area contributed by atoms with Crippen LogP contribution in [0, 0.1) is 0 Å². The molecule has 3 rings (SSSR count). The number of anilines is 1. The number of benzene rings is 3. The minimum absolute atomic E-state index is 0.129. The monoisotopic (exact) mass is 424 g/mol. The second-order valence-corrected chi connectivity index (χ2v) is 8.58. The Morgan fingerprint density at radius 3 is 2.07 bits per heavy atom. The maximum atomic E-state index is 13.2. The van der Waals surface area contributed by atoms with Crippen LogP contribution in [0.15, 0.2) is 89.8 Å². The molecule has 0 heterocycles. The molecule has 0 fully saturated rings. The smallest absolute Gasteiger partial charge is 0.264 e. The summed E-state index contributed by atoms with van der Waals surface area (Å²) in [6.45, 7) is 1.51. The molecule has 1 atom stereocenters. The minimum atomic E-state index is -3.90. The van der Waals surface area contributed by atoms with Crippen molar-refractivity contribution in [3.8, 4) is 5.75 Å².